The van der Waals surface area contributed by atoms with Gasteiger partial charge in [0.25, 0.3) is 0 Å². The van der Waals surface area contributed by atoms with E-state index in [0.29, 0.717) is 31.3 Å². The summed E-state index contributed by atoms with van der Waals surface area (Å²) in [4.78, 5) is 36.5. The molecule has 3 aliphatic rings. The Hall–Kier alpha value is -1.93. The summed E-state index contributed by atoms with van der Waals surface area (Å²) in [5.41, 5.74) is -1.28. The van der Waals surface area contributed by atoms with Gasteiger partial charge >= 0.3 is 17.9 Å². The van der Waals surface area contributed by atoms with Crippen LogP contribution in [0.1, 0.15) is 67.2 Å². The van der Waals surface area contributed by atoms with Gasteiger partial charge in [-0.15, -0.1) is 0 Å². The van der Waals surface area contributed by atoms with Gasteiger partial charge in [-0.05, 0) is 49.0 Å². The zero-order valence-corrected chi connectivity index (χ0v) is 21.2. The maximum absolute atomic E-state index is 12.3. The second-order valence-electron chi connectivity index (χ2n) is 11.1. The van der Waals surface area contributed by atoms with Crippen LogP contribution >= 0.6 is 0 Å². The van der Waals surface area contributed by atoms with Gasteiger partial charge in [0.15, 0.2) is 0 Å². The molecule has 9 unspecified atom stereocenters. The lowest BCUT2D eigenvalue weighted by Crippen LogP contribution is -2.60. The fourth-order valence-corrected chi connectivity index (χ4v) is 7.09. The van der Waals surface area contributed by atoms with Crippen LogP contribution in [0.2, 0.25) is 0 Å². The molecule has 3 rings (SSSR count). The number of carbonyl (C=O) groups is 3. The third-order valence-electron chi connectivity index (χ3n) is 8.78. The lowest BCUT2D eigenvalue weighted by Gasteiger charge is -2.52. The van der Waals surface area contributed by atoms with Crippen molar-refractivity contribution in [1.29, 1.82) is 0 Å². The predicted molar refractivity (Wildman–Crippen MR) is 123 cm³/mol. The van der Waals surface area contributed by atoms with Crippen LogP contribution in [0.25, 0.3) is 0 Å². The highest BCUT2D eigenvalue weighted by Crippen LogP contribution is 2.62. The molecular formula is C26H40O8. The van der Waals surface area contributed by atoms with Crippen molar-refractivity contribution in [2.45, 2.75) is 91.1 Å². The van der Waals surface area contributed by atoms with Gasteiger partial charge in [-0.25, -0.2) is 0 Å². The summed E-state index contributed by atoms with van der Waals surface area (Å²) in [6.45, 7) is 13.9. The fraction of sp³-hybridized carbons (Fsp3) is 0.808. The number of carbonyl (C=O) groups excluding carboxylic acids is 3. The molecule has 0 bridgehead atoms. The third kappa shape index (κ3) is 4.63. The summed E-state index contributed by atoms with van der Waals surface area (Å²) in [5.74, 6) is -2.80. The standard InChI is InChI=1S/C26H40O8/c1-13(2)26(31)9-8-25(12-32-16(5)27)11-20-14(3)21(30)10-19(20)15(4)22(33-17(6)28)23(24(25)26)34-18(7)29/h13,15,19-24,30-31H,3,8-12H2,1-2,4-7H3. The van der Waals surface area contributed by atoms with E-state index in [-0.39, 0.29) is 30.3 Å². The number of esters is 3. The molecule has 192 valence electrons. The molecule has 0 aliphatic heterocycles. The Kier molecular flexibility index (Phi) is 7.54. The van der Waals surface area contributed by atoms with Crippen LogP contribution in [0.4, 0.5) is 0 Å². The Balaban J connectivity index is 2.25. The highest BCUT2D eigenvalue weighted by Gasteiger charge is 2.66. The van der Waals surface area contributed by atoms with Gasteiger partial charge in [-0.1, -0.05) is 27.4 Å². The van der Waals surface area contributed by atoms with Crippen LogP contribution in [-0.2, 0) is 28.6 Å². The summed E-state index contributed by atoms with van der Waals surface area (Å²) in [5, 5.41) is 22.8. The van der Waals surface area contributed by atoms with E-state index in [4.69, 9.17) is 14.2 Å². The van der Waals surface area contributed by atoms with Gasteiger partial charge in [0, 0.05) is 38.0 Å². The van der Waals surface area contributed by atoms with E-state index < -0.39 is 53.2 Å². The Morgan fingerprint density at radius 3 is 2.18 bits per heavy atom. The maximum Gasteiger partial charge on any atom is 0.303 e. The lowest BCUT2D eigenvalue weighted by molar-refractivity contribution is -0.210. The lowest BCUT2D eigenvalue weighted by atomic mass is 9.58. The Morgan fingerprint density at radius 2 is 1.65 bits per heavy atom. The number of aliphatic hydroxyl groups excluding tert-OH is 1. The molecule has 8 heteroatoms. The molecule has 2 N–H and O–H groups in total. The smallest absolute Gasteiger partial charge is 0.303 e. The quantitative estimate of drug-likeness (QED) is 0.350. The van der Waals surface area contributed by atoms with Crippen molar-refractivity contribution in [3.63, 3.8) is 0 Å². The second-order valence-corrected chi connectivity index (χ2v) is 11.1. The Bertz CT molecular complexity index is 837. The molecule has 34 heavy (non-hydrogen) atoms. The first-order valence-electron chi connectivity index (χ1n) is 12.3. The number of rotatable bonds is 5. The minimum atomic E-state index is -1.25. The molecule has 0 radical (unpaired) electrons. The summed E-state index contributed by atoms with van der Waals surface area (Å²) in [7, 11) is 0. The first kappa shape index (κ1) is 26.7. The molecule has 0 saturated heterocycles. The third-order valence-corrected chi connectivity index (χ3v) is 8.78. The topological polar surface area (TPSA) is 119 Å². The van der Waals surface area contributed by atoms with Crippen LogP contribution in [-0.4, -0.2) is 58.6 Å². The summed E-state index contributed by atoms with van der Waals surface area (Å²) in [6, 6.07) is 0. The number of hydrogen-bond acceptors (Lipinski definition) is 8. The van der Waals surface area contributed by atoms with Crippen LogP contribution in [0, 0.1) is 35.0 Å². The van der Waals surface area contributed by atoms with Crippen molar-refractivity contribution >= 4 is 17.9 Å². The second kappa shape index (κ2) is 9.61. The number of hydrogen-bond donors (Lipinski definition) is 2. The number of fused-ring (bicyclic) bond motifs is 2. The highest BCUT2D eigenvalue weighted by molar-refractivity contribution is 5.67. The van der Waals surface area contributed by atoms with Crippen LogP contribution in [0.5, 0.6) is 0 Å². The molecule has 8 nitrogen and oxygen atoms in total. The van der Waals surface area contributed by atoms with Gasteiger partial charge < -0.3 is 24.4 Å². The minimum Gasteiger partial charge on any atom is -0.465 e. The zero-order valence-electron chi connectivity index (χ0n) is 21.2. The molecule has 0 heterocycles. The molecule has 9 atom stereocenters. The molecule has 0 aromatic heterocycles. The van der Waals surface area contributed by atoms with E-state index in [1.54, 1.807) is 0 Å². The normalized spacial score (nSPS) is 41.8. The van der Waals surface area contributed by atoms with Crippen LogP contribution in [0.15, 0.2) is 12.2 Å². The Morgan fingerprint density at radius 1 is 1.06 bits per heavy atom. The van der Waals surface area contributed by atoms with E-state index in [1.165, 1.54) is 20.8 Å². The first-order valence-corrected chi connectivity index (χ1v) is 12.3. The molecule has 0 aromatic carbocycles. The van der Waals surface area contributed by atoms with E-state index in [1.807, 2.05) is 20.8 Å². The number of aliphatic hydroxyl groups is 2. The van der Waals surface area contributed by atoms with Gasteiger partial charge in [0.05, 0.1) is 18.3 Å². The molecular weight excluding hydrogens is 440 g/mol. The molecule has 3 aliphatic carbocycles. The molecule has 0 aromatic rings. The SMILES string of the molecule is C=C1C(O)CC2C1CC1(COC(C)=O)CCC(O)(C(C)C)C1C(OC(C)=O)C(OC(C)=O)C2C. The van der Waals surface area contributed by atoms with E-state index in [0.717, 1.165) is 0 Å². The van der Waals surface area contributed by atoms with Crippen LogP contribution < -0.4 is 0 Å². The maximum atomic E-state index is 12.3. The largest absolute Gasteiger partial charge is 0.465 e. The summed E-state index contributed by atoms with van der Waals surface area (Å²) >= 11 is 0. The zero-order chi connectivity index (χ0) is 25.6. The average molecular weight is 481 g/mol. The van der Waals surface area contributed by atoms with Gasteiger partial charge in [0.2, 0.25) is 0 Å². The number of ether oxygens (including phenoxy) is 3. The summed E-state index contributed by atoms with van der Waals surface area (Å²) in [6.07, 6.45) is -0.540. The Labute approximate surface area is 202 Å². The van der Waals surface area contributed by atoms with E-state index >= 15 is 0 Å². The molecule has 3 fully saturated rings. The van der Waals surface area contributed by atoms with Crippen molar-refractivity contribution in [3.8, 4) is 0 Å². The van der Waals surface area contributed by atoms with Crippen molar-refractivity contribution in [3.05, 3.63) is 12.2 Å². The monoisotopic (exact) mass is 480 g/mol. The fourth-order valence-electron chi connectivity index (χ4n) is 7.09. The van der Waals surface area contributed by atoms with E-state index in [2.05, 4.69) is 6.58 Å². The molecule has 0 spiro atoms. The highest BCUT2D eigenvalue weighted by atomic mass is 16.6. The van der Waals surface area contributed by atoms with Gasteiger partial charge in [0.1, 0.15) is 12.2 Å². The first-order chi connectivity index (χ1) is 15.7. The van der Waals surface area contributed by atoms with Crippen molar-refractivity contribution in [2.24, 2.45) is 35.0 Å². The van der Waals surface area contributed by atoms with E-state index in [9.17, 15) is 24.6 Å². The van der Waals surface area contributed by atoms with Crippen LogP contribution in [0.3, 0.4) is 0 Å². The summed E-state index contributed by atoms with van der Waals surface area (Å²) < 4.78 is 17.3. The van der Waals surface area contributed by atoms with Gasteiger partial charge in [-0.2, -0.15) is 0 Å². The minimum absolute atomic E-state index is 0.0353. The molecule has 3 saturated carbocycles. The van der Waals surface area contributed by atoms with Crippen molar-refractivity contribution in [2.75, 3.05) is 6.61 Å². The molecule has 0 amide bonds. The van der Waals surface area contributed by atoms with Gasteiger partial charge in [-0.3, -0.25) is 14.4 Å². The predicted octanol–water partition coefficient (Wildman–Crippen LogP) is 2.79. The van der Waals surface area contributed by atoms with Crippen molar-refractivity contribution < 1.29 is 38.8 Å². The average Bonchev–Trinajstić information content (AvgIpc) is 3.17. The van der Waals surface area contributed by atoms with Crippen molar-refractivity contribution in [1.82, 2.24) is 0 Å².